The predicted octanol–water partition coefficient (Wildman–Crippen LogP) is 1.64. The molecule has 2 aliphatic rings. The van der Waals surface area contributed by atoms with E-state index < -0.39 is 0 Å². The van der Waals surface area contributed by atoms with Crippen molar-refractivity contribution in [1.82, 2.24) is 4.90 Å². The van der Waals surface area contributed by atoms with Crippen molar-refractivity contribution in [3.63, 3.8) is 0 Å². The normalized spacial score (nSPS) is 34.9. The van der Waals surface area contributed by atoms with Crippen molar-refractivity contribution < 1.29 is 5.11 Å². The number of rotatable bonds is 2. The van der Waals surface area contributed by atoms with Crippen molar-refractivity contribution in [1.29, 1.82) is 0 Å². The highest BCUT2D eigenvalue weighted by atomic mass is 16.3. The summed E-state index contributed by atoms with van der Waals surface area (Å²) in [4.78, 5) is 2.44. The van der Waals surface area contributed by atoms with Crippen LogP contribution < -0.4 is 0 Å². The Morgan fingerprint density at radius 2 is 2.00 bits per heavy atom. The van der Waals surface area contributed by atoms with E-state index in [-0.39, 0.29) is 6.10 Å². The van der Waals surface area contributed by atoms with E-state index in [1.54, 1.807) is 0 Å². The lowest BCUT2D eigenvalue weighted by atomic mass is 10.1. The van der Waals surface area contributed by atoms with E-state index in [4.69, 9.17) is 0 Å². The van der Waals surface area contributed by atoms with Crippen LogP contribution in [-0.4, -0.2) is 28.7 Å². The maximum atomic E-state index is 9.94. The molecule has 2 nitrogen and oxygen atoms in total. The van der Waals surface area contributed by atoms with Crippen molar-refractivity contribution in [2.24, 2.45) is 5.92 Å². The quantitative estimate of drug-likeness (QED) is 0.790. The van der Waals surface area contributed by atoms with E-state index >= 15 is 0 Å². The number of aliphatic hydroxyl groups is 1. The number of likely N-dealkylation sites (tertiary alicyclic amines) is 1. The molecule has 1 aromatic carbocycles. The maximum Gasteiger partial charge on any atom is 0.0735 e. The molecule has 2 heteroatoms. The molecule has 1 saturated heterocycles. The van der Waals surface area contributed by atoms with E-state index in [2.05, 4.69) is 35.2 Å². The Morgan fingerprint density at radius 3 is 2.60 bits per heavy atom. The largest absolute Gasteiger partial charge is 0.391 e. The molecule has 2 fully saturated rings. The summed E-state index contributed by atoms with van der Waals surface area (Å²) in [5.41, 5.74) is 1.36. The highest BCUT2D eigenvalue weighted by molar-refractivity contribution is 5.15. The molecule has 80 valence electrons. The van der Waals surface area contributed by atoms with E-state index in [9.17, 15) is 5.11 Å². The molecule has 0 amide bonds. The molecule has 1 N–H and O–H groups in total. The van der Waals surface area contributed by atoms with E-state index in [0.717, 1.165) is 13.1 Å². The first kappa shape index (κ1) is 9.37. The summed E-state index contributed by atoms with van der Waals surface area (Å²) in [6, 6.07) is 11.0. The fourth-order valence-electron chi connectivity index (χ4n) is 3.07. The van der Waals surface area contributed by atoms with Gasteiger partial charge in [-0.15, -0.1) is 0 Å². The van der Waals surface area contributed by atoms with Gasteiger partial charge in [0.05, 0.1) is 6.10 Å². The highest BCUT2D eigenvalue weighted by Gasteiger charge is 2.45. The van der Waals surface area contributed by atoms with Crippen LogP contribution in [0, 0.1) is 5.92 Å². The first-order chi connectivity index (χ1) is 7.34. The Hall–Kier alpha value is -0.860. The first-order valence-corrected chi connectivity index (χ1v) is 5.80. The van der Waals surface area contributed by atoms with Crippen LogP contribution in [0.25, 0.3) is 0 Å². The van der Waals surface area contributed by atoms with Crippen LogP contribution in [0.3, 0.4) is 0 Å². The monoisotopic (exact) mass is 203 g/mol. The zero-order valence-corrected chi connectivity index (χ0v) is 8.84. The van der Waals surface area contributed by atoms with Crippen LogP contribution in [0.15, 0.2) is 30.3 Å². The number of hydrogen-bond acceptors (Lipinski definition) is 2. The third-order valence-corrected chi connectivity index (χ3v) is 3.88. The summed E-state index contributed by atoms with van der Waals surface area (Å²) in [6.45, 7) is 2.08. The molecule has 1 heterocycles. The van der Waals surface area contributed by atoms with E-state index in [1.165, 1.54) is 18.4 Å². The van der Waals surface area contributed by atoms with Crippen LogP contribution in [-0.2, 0) is 6.54 Å². The molecule has 1 aliphatic heterocycles. The van der Waals surface area contributed by atoms with Crippen LogP contribution in [0.2, 0.25) is 0 Å². The minimum Gasteiger partial charge on any atom is -0.391 e. The molecule has 0 radical (unpaired) electrons. The smallest absolute Gasteiger partial charge is 0.0735 e. The number of nitrogens with zero attached hydrogens (tertiary/aromatic N) is 1. The molecule has 1 saturated carbocycles. The molecule has 0 unspecified atom stereocenters. The third-order valence-electron chi connectivity index (χ3n) is 3.88. The van der Waals surface area contributed by atoms with Crippen LogP contribution in [0.1, 0.15) is 18.4 Å². The van der Waals surface area contributed by atoms with E-state index in [0.29, 0.717) is 12.0 Å². The Kier molecular flexibility index (Phi) is 2.26. The average Bonchev–Trinajstić information content (AvgIpc) is 2.75. The summed E-state index contributed by atoms with van der Waals surface area (Å²) < 4.78 is 0. The summed E-state index contributed by atoms with van der Waals surface area (Å²) in [7, 11) is 0. The van der Waals surface area contributed by atoms with Gasteiger partial charge in [0.1, 0.15) is 0 Å². The molecule has 15 heavy (non-hydrogen) atoms. The lowest BCUT2D eigenvalue weighted by molar-refractivity contribution is 0.121. The Morgan fingerprint density at radius 1 is 1.20 bits per heavy atom. The van der Waals surface area contributed by atoms with Gasteiger partial charge in [0.2, 0.25) is 0 Å². The van der Waals surface area contributed by atoms with Crippen molar-refractivity contribution in [2.45, 2.75) is 31.5 Å². The summed E-state index contributed by atoms with van der Waals surface area (Å²) in [5, 5.41) is 9.94. The number of fused-ring (bicyclic) bond motifs is 2. The van der Waals surface area contributed by atoms with Gasteiger partial charge in [0.25, 0.3) is 0 Å². The molecule has 0 spiro atoms. The van der Waals surface area contributed by atoms with Crippen LogP contribution in [0.5, 0.6) is 0 Å². The molecule has 3 rings (SSSR count). The highest BCUT2D eigenvalue weighted by Crippen LogP contribution is 2.38. The van der Waals surface area contributed by atoms with Crippen molar-refractivity contribution in [2.75, 3.05) is 6.54 Å². The number of benzene rings is 1. The van der Waals surface area contributed by atoms with Gasteiger partial charge < -0.3 is 5.11 Å². The molecule has 0 aromatic heterocycles. The second kappa shape index (κ2) is 3.62. The maximum absolute atomic E-state index is 9.94. The standard InChI is InChI=1S/C13H17NO/c15-13-11-6-7-12(13)14(9-11)8-10-4-2-1-3-5-10/h1-5,11-13,15H,6-9H2/t11-,12-,13+/m1/s1. The van der Waals surface area contributed by atoms with Gasteiger partial charge in [-0.1, -0.05) is 30.3 Å². The first-order valence-electron chi connectivity index (χ1n) is 5.80. The topological polar surface area (TPSA) is 23.5 Å². The Balaban J connectivity index is 1.71. The van der Waals surface area contributed by atoms with Gasteiger partial charge in [0.15, 0.2) is 0 Å². The molecular formula is C13H17NO. The molecule has 2 bridgehead atoms. The summed E-state index contributed by atoms with van der Waals surface area (Å²) >= 11 is 0. The second-order valence-corrected chi connectivity index (χ2v) is 4.81. The zero-order chi connectivity index (χ0) is 10.3. The van der Waals surface area contributed by atoms with Gasteiger partial charge in [-0.2, -0.15) is 0 Å². The third kappa shape index (κ3) is 1.58. The summed E-state index contributed by atoms with van der Waals surface area (Å²) in [5.74, 6) is 0.540. The SMILES string of the molecule is O[C@H]1[C@@H]2CC[C@H]1N(Cc1ccccc1)C2. The van der Waals surface area contributed by atoms with E-state index in [1.807, 2.05) is 0 Å². The fraction of sp³-hybridized carbons (Fsp3) is 0.538. The second-order valence-electron chi connectivity index (χ2n) is 4.81. The van der Waals surface area contributed by atoms with Gasteiger partial charge in [-0.3, -0.25) is 4.90 Å². The molecular weight excluding hydrogens is 186 g/mol. The number of piperidine rings is 1. The van der Waals surface area contributed by atoms with Gasteiger partial charge >= 0.3 is 0 Å². The van der Waals surface area contributed by atoms with Gasteiger partial charge in [-0.25, -0.2) is 0 Å². The molecule has 1 aromatic rings. The zero-order valence-electron chi connectivity index (χ0n) is 8.84. The predicted molar refractivity (Wildman–Crippen MR) is 59.4 cm³/mol. The molecule has 1 aliphatic carbocycles. The summed E-state index contributed by atoms with van der Waals surface area (Å²) in [6.07, 6.45) is 2.34. The Bertz CT molecular complexity index is 338. The lowest BCUT2D eigenvalue weighted by Crippen LogP contribution is -2.33. The van der Waals surface area contributed by atoms with Crippen molar-refractivity contribution in [3.05, 3.63) is 35.9 Å². The molecule has 3 atom stereocenters. The van der Waals surface area contributed by atoms with Crippen molar-refractivity contribution >= 4 is 0 Å². The Labute approximate surface area is 90.5 Å². The minimum atomic E-state index is -0.0614. The average molecular weight is 203 g/mol. The lowest BCUT2D eigenvalue weighted by Gasteiger charge is -2.26. The van der Waals surface area contributed by atoms with Crippen molar-refractivity contribution in [3.8, 4) is 0 Å². The van der Waals surface area contributed by atoms with Gasteiger partial charge in [0, 0.05) is 19.1 Å². The minimum absolute atomic E-state index is 0.0614. The fourth-order valence-corrected chi connectivity index (χ4v) is 3.07. The van der Waals surface area contributed by atoms with Crippen LogP contribution >= 0.6 is 0 Å². The number of aliphatic hydroxyl groups excluding tert-OH is 1. The van der Waals surface area contributed by atoms with Gasteiger partial charge in [-0.05, 0) is 24.3 Å². The van der Waals surface area contributed by atoms with Crippen LogP contribution in [0.4, 0.5) is 0 Å². The number of hydrogen-bond donors (Lipinski definition) is 1.